The second kappa shape index (κ2) is 3.58. The van der Waals surface area contributed by atoms with Crippen LogP contribution in [0.15, 0.2) is 0 Å². The molecule has 0 aromatic carbocycles. The summed E-state index contributed by atoms with van der Waals surface area (Å²) in [5.74, 6) is 0. The van der Waals surface area contributed by atoms with E-state index in [1.165, 1.54) is 0 Å². The summed E-state index contributed by atoms with van der Waals surface area (Å²) >= 11 is 16.8. The number of hydrogen-bond donors (Lipinski definition) is 0. The van der Waals surface area contributed by atoms with Crippen LogP contribution in [0.4, 0.5) is 4.79 Å². The number of hydrogen-bond acceptors (Lipinski definition) is 4. The van der Waals surface area contributed by atoms with E-state index in [-0.39, 0.29) is 15.2 Å². The van der Waals surface area contributed by atoms with Gasteiger partial charge in [-0.25, -0.2) is 4.79 Å². The minimum Gasteiger partial charge on any atom is -0.400 e. The normalized spacial score (nSPS) is 9.73. The van der Waals surface area contributed by atoms with Gasteiger partial charge in [0.2, 0.25) is 5.06 Å². The van der Waals surface area contributed by atoms with Gasteiger partial charge in [0.15, 0.2) is 5.15 Å². The van der Waals surface area contributed by atoms with Crippen molar-refractivity contribution in [2.45, 2.75) is 0 Å². The molecule has 0 aliphatic heterocycles. The zero-order valence-corrected chi connectivity index (χ0v) is 7.89. The molecule has 60 valence electrons. The van der Waals surface area contributed by atoms with E-state index >= 15 is 0 Å². The summed E-state index contributed by atoms with van der Waals surface area (Å²) in [5.41, 5.74) is -0.966. The molecule has 1 aromatic rings. The Morgan fingerprint density at radius 2 is 2.18 bits per heavy atom. The second-order valence-corrected chi connectivity index (χ2v) is 3.20. The Hall–Kier alpha value is -0.0300. The fourth-order valence-electron chi connectivity index (χ4n) is 0.382. The number of carbonyl (C=O) groups is 1. The molecule has 0 atom stereocenters. The fraction of sp³-hybridized carbons (Fsp3) is 0. The molecule has 0 amide bonds. The van der Waals surface area contributed by atoms with E-state index in [1.807, 2.05) is 0 Å². The SMILES string of the molecule is O=C(Cl)Oc1snc(Cl)c1Cl. The van der Waals surface area contributed by atoms with Gasteiger partial charge in [-0.3, -0.25) is 0 Å². The average Bonchev–Trinajstić information content (AvgIpc) is 2.18. The number of rotatable bonds is 1. The van der Waals surface area contributed by atoms with E-state index in [0.29, 0.717) is 0 Å². The van der Waals surface area contributed by atoms with E-state index in [0.717, 1.165) is 11.5 Å². The minimum atomic E-state index is -0.966. The van der Waals surface area contributed by atoms with Crippen LogP contribution in [-0.4, -0.2) is 9.80 Å². The molecule has 0 radical (unpaired) electrons. The first-order chi connectivity index (χ1) is 5.11. The molecule has 0 fully saturated rings. The fourth-order valence-corrected chi connectivity index (χ4v) is 1.53. The van der Waals surface area contributed by atoms with E-state index < -0.39 is 5.43 Å². The van der Waals surface area contributed by atoms with E-state index in [4.69, 9.17) is 34.8 Å². The third-order valence-corrected chi connectivity index (χ3v) is 2.48. The van der Waals surface area contributed by atoms with Crippen LogP contribution in [0.5, 0.6) is 5.06 Å². The summed E-state index contributed by atoms with van der Waals surface area (Å²) in [6, 6.07) is 0. The Kier molecular flexibility index (Phi) is 2.95. The van der Waals surface area contributed by atoms with Crippen molar-refractivity contribution < 1.29 is 9.53 Å². The van der Waals surface area contributed by atoms with Crippen LogP contribution in [0, 0.1) is 0 Å². The van der Waals surface area contributed by atoms with Crippen LogP contribution in [0.25, 0.3) is 0 Å². The number of nitrogens with zero attached hydrogens (tertiary/aromatic N) is 1. The summed E-state index contributed by atoms with van der Waals surface area (Å²) in [7, 11) is 0. The Bertz CT molecular complexity index is 287. The van der Waals surface area contributed by atoms with Gasteiger partial charge < -0.3 is 4.74 Å². The molecule has 0 saturated heterocycles. The zero-order valence-electron chi connectivity index (χ0n) is 4.81. The van der Waals surface area contributed by atoms with Crippen LogP contribution in [0.2, 0.25) is 10.2 Å². The molecule has 3 nitrogen and oxygen atoms in total. The first-order valence-electron chi connectivity index (χ1n) is 2.29. The molecule has 0 bridgehead atoms. The van der Waals surface area contributed by atoms with Crippen molar-refractivity contribution in [2.24, 2.45) is 0 Å². The molecule has 0 aliphatic rings. The molecule has 11 heavy (non-hydrogen) atoms. The molecule has 0 saturated carbocycles. The predicted molar refractivity (Wildman–Crippen MR) is 44.0 cm³/mol. The van der Waals surface area contributed by atoms with Crippen molar-refractivity contribution in [1.29, 1.82) is 0 Å². The zero-order chi connectivity index (χ0) is 8.43. The van der Waals surface area contributed by atoms with E-state index in [2.05, 4.69) is 9.11 Å². The molecule has 1 heterocycles. The van der Waals surface area contributed by atoms with E-state index in [1.54, 1.807) is 0 Å². The predicted octanol–water partition coefficient (Wildman–Crippen LogP) is 3.19. The van der Waals surface area contributed by atoms with Gasteiger partial charge >= 0.3 is 5.43 Å². The lowest BCUT2D eigenvalue weighted by Gasteiger charge is -1.91. The number of ether oxygens (including phenoxy) is 1. The van der Waals surface area contributed by atoms with Gasteiger partial charge in [0.25, 0.3) is 0 Å². The molecule has 0 N–H and O–H groups in total. The first-order valence-corrected chi connectivity index (χ1v) is 4.20. The van der Waals surface area contributed by atoms with Gasteiger partial charge in [0.1, 0.15) is 5.02 Å². The molecule has 7 heteroatoms. The second-order valence-electron chi connectivity index (χ2n) is 1.41. The van der Waals surface area contributed by atoms with Gasteiger partial charge in [-0.2, -0.15) is 4.37 Å². The Morgan fingerprint density at radius 1 is 1.55 bits per heavy atom. The largest absolute Gasteiger partial charge is 0.410 e. The molecule has 1 rings (SSSR count). The van der Waals surface area contributed by atoms with Gasteiger partial charge in [-0.05, 0) is 0 Å². The third kappa shape index (κ3) is 2.20. The Morgan fingerprint density at radius 3 is 2.55 bits per heavy atom. The van der Waals surface area contributed by atoms with Crippen molar-refractivity contribution in [3.63, 3.8) is 0 Å². The van der Waals surface area contributed by atoms with Crippen LogP contribution < -0.4 is 4.74 Å². The van der Waals surface area contributed by atoms with E-state index in [9.17, 15) is 4.79 Å². The van der Waals surface area contributed by atoms with Crippen molar-refractivity contribution in [1.82, 2.24) is 4.37 Å². The molecule has 1 aromatic heterocycles. The molecule has 0 spiro atoms. The molecular weight excluding hydrogens is 232 g/mol. The lowest BCUT2D eigenvalue weighted by molar-refractivity contribution is 0.227. The highest BCUT2D eigenvalue weighted by Crippen LogP contribution is 2.35. The van der Waals surface area contributed by atoms with Gasteiger partial charge in [0.05, 0.1) is 0 Å². The highest BCUT2D eigenvalue weighted by Gasteiger charge is 2.12. The first kappa shape index (κ1) is 9.06. The average molecular weight is 232 g/mol. The van der Waals surface area contributed by atoms with Crippen molar-refractivity contribution in [2.75, 3.05) is 0 Å². The minimum absolute atomic E-state index is 0.101. The standard InChI is InChI=1S/C4Cl3NO2S/c5-1-2(6)8-11-3(1)10-4(7)9. The van der Waals surface area contributed by atoms with Crippen molar-refractivity contribution in [3.8, 4) is 5.06 Å². The lowest BCUT2D eigenvalue weighted by atomic mass is 10.7. The van der Waals surface area contributed by atoms with Crippen molar-refractivity contribution >= 4 is 51.8 Å². The molecule has 0 unspecified atom stereocenters. The summed E-state index contributed by atoms with van der Waals surface area (Å²) in [5, 5.41) is 0.312. The monoisotopic (exact) mass is 231 g/mol. The summed E-state index contributed by atoms with van der Waals surface area (Å²) in [4.78, 5) is 10.2. The summed E-state index contributed by atoms with van der Waals surface area (Å²) in [6.07, 6.45) is 0. The lowest BCUT2D eigenvalue weighted by Crippen LogP contribution is -1.93. The number of aromatic nitrogens is 1. The van der Waals surface area contributed by atoms with Crippen molar-refractivity contribution in [3.05, 3.63) is 10.2 Å². The highest BCUT2D eigenvalue weighted by atomic mass is 35.5. The molecule has 0 aliphatic carbocycles. The smallest absolute Gasteiger partial charge is 0.400 e. The van der Waals surface area contributed by atoms with Crippen LogP contribution in [0.3, 0.4) is 0 Å². The Labute approximate surface area is 81.0 Å². The van der Waals surface area contributed by atoms with Gasteiger partial charge in [0, 0.05) is 23.1 Å². The summed E-state index contributed by atoms with van der Waals surface area (Å²) in [6.45, 7) is 0. The van der Waals surface area contributed by atoms with Gasteiger partial charge in [-0.15, -0.1) is 0 Å². The maximum absolute atomic E-state index is 10.2. The number of carbonyl (C=O) groups excluding carboxylic acids is 1. The third-order valence-electron chi connectivity index (χ3n) is 0.742. The quantitative estimate of drug-likeness (QED) is 0.698. The maximum atomic E-state index is 10.2. The highest BCUT2D eigenvalue weighted by molar-refractivity contribution is 7.09. The van der Waals surface area contributed by atoms with Gasteiger partial charge in [-0.1, -0.05) is 23.2 Å². The van der Waals surface area contributed by atoms with Crippen LogP contribution in [-0.2, 0) is 0 Å². The number of halogens is 3. The maximum Gasteiger partial charge on any atom is 0.410 e. The Balaban J connectivity index is 2.87. The van der Waals surface area contributed by atoms with Crippen LogP contribution in [0.1, 0.15) is 0 Å². The summed E-state index contributed by atoms with van der Waals surface area (Å²) < 4.78 is 8.04. The topological polar surface area (TPSA) is 39.2 Å². The van der Waals surface area contributed by atoms with Crippen LogP contribution >= 0.6 is 46.3 Å². The molecular formula is C4Cl3NO2S.